The molecule has 2 aromatic carbocycles. The van der Waals surface area contributed by atoms with E-state index in [9.17, 15) is 31.2 Å². The van der Waals surface area contributed by atoms with E-state index in [0.29, 0.717) is 25.1 Å². The molecule has 0 aliphatic carbocycles. The van der Waals surface area contributed by atoms with Crippen molar-refractivity contribution >= 4 is 27.5 Å². The number of sulfonamides is 1. The Morgan fingerprint density at radius 1 is 1.12 bits per heavy atom. The maximum atomic E-state index is 13.0. The molecular weight excluding hydrogens is 471 g/mol. The zero-order valence-electron chi connectivity index (χ0n) is 18.6. The Balaban J connectivity index is 1.67. The van der Waals surface area contributed by atoms with Gasteiger partial charge in [-0.25, -0.2) is 8.42 Å². The first kappa shape index (κ1) is 25.5. The number of halogens is 3. The predicted octanol–water partition coefficient (Wildman–Crippen LogP) is 3.88. The Labute approximate surface area is 196 Å². The number of carbonyl (C=O) groups is 2. The van der Waals surface area contributed by atoms with Crippen molar-refractivity contribution in [2.45, 2.75) is 37.3 Å². The summed E-state index contributed by atoms with van der Waals surface area (Å²) >= 11 is 0. The lowest BCUT2D eigenvalue weighted by Gasteiger charge is -2.31. The number of amides is 2. The van der Waals surface area contributed by atoms with Crippen LogP contribution in [0.3, 0.4) is 0 Å². The average Bonchev–Trinajstić information content (AvgIpc) is 2.78. The zero-order chi connectivity index (χ0) is 24.9. The Hall–Kier alpha value is -3.08. The fourth-order valence-corrected chi connectivity index (χ4v) is 4.89. The van der Waals surface area contributed by atoms with Crippen molar-refractivity contribution in [2.75, 3.05) is 24.4 Å². The normalized spacial score (nSPS) is 16.7. The Morgan fingerprint density at radius 2 is 1.85 bits per heavy atom. The van der Waals surface area contributed by atoms with Gasteiger partial charge in [0, 0.05) is 26.1 Å². The van der Waals surface area contributed by atoms with Gasteiger partial charge in [-0.2, -0.15) is 13.2 Å². The maximum Gasteiger partial charge on any atom is 0.416 e. The van der Waals surface area contributed by atoms with E-state index < -0.39 is 32.6 Å². The largest absolute Gasteiger partial charge is 0.416 e. The van der Waals surface area contributed by atoms with E-state index in [0.717, 1.165) is 31.0 Å². The number of nitrogens with zero attached hydrogens (tertiary/aromatic N) is 1. The summed E-state index contributed by atoms with van der Waals surface area (Å²) in [6.45, 7) is 3.53. The molecule has 1 aliphatic heterocycles. The molecule has 0 saturated carbocycles. The summed E-state index contributed by atoms with van der Waals surface area (Å²) < 4.78 is 66.5. The van der Waals surface area contributed by atoms with Crippen LogP contribution in [-0.4, -0.2) is 44.8 Å². The molecular formula is C23H26F3N3O4S. The van der Waals surface area contributed by atoms with Gasteiger partial charge in [0.05, 0.1) is 21.7 Å². The molecule has 0 spiro atoms. The number of carbonyl (C=O) groups excluding carboxylic acids is 2. The van der Waals surface area contributed by atoms with E-state index in [2.05, 4.69) is 17.0 Å². The van der Waals surface area contributed by atoms with E-state index >= 15 is 0 Å². The fourth-order valence-electron chi connectivity index (χ4n) is 3.77. The molecule has 2 aromatic rings. The van der Waals surface area contributed by atoms with Crippen molar-refractivity contribution in [1.29, 1.82) is 0 Å². The number of likely N-dealkylation sites (tertiary alicyclic amines) is 1. The molecule has 2 N–H and O–H groups in total. The summed E-state index contributed by atoms with van der Waals surface area (Å²) in [5.74, 6) is -0.239. The molecule has 1 fully saturated rings. The smallest absolute Gasteiger partial charge is 0.351 e. The van der Waals surface area contributed by atoms with Gasteiger partial charge in [0.15, 0.2) is 0 Å². The van der Waals surface area contributed by atoms with Gasteiger partial charge in [0.2, 0.25) is 5.91 Å². The third-order valence-electron chi connectivity index (χ3n) is 5.52. The van der Waals surface area contributed by atoms with Crippen LogP contribution in [0.4, 0.5) is 18.9 Å². The molecule has 3 rings (SSSR count). The van der Waals surface area contributed by atoms with Gasteiger partial charge < -0.3 is 10.2 Å². The van der Waals surface area contributed by atoms with Crippen LogP contribution in [0.25, 0.3) is 0 Å². The van der Waals surface area contributed by atoms with E-state index in [-0.39, 0.29) is 30.1 Å². The minimum atomic E-state index is -4.70. The number of anilines is 1. The molecule has 0 bridgehead atoms. The molecule has 34 heavy (non-hydrogen) atoms. The van der Waals surface area contributed by atoms with Crippen LogP contribution in [-0.2, 0) is 21.0 Å². The number of hydrogen-bond acceptors (Lipinski definition) is 4. The van der Waals surface area contributed by atoms with E-state index in [1.807, 2.05) is 0 Å². The lowest BCUT2D eigenvalue weighted by atomic mass is 10.00. The Kier molecular flexibility index (Phi) is 7.86. The number of benzene rings is 2. The summed E-state index contributed by atoms with van der Waals surface area (Å²) in [7, 11) is -4.40. The first-order chi connectivity index (χ1) is 16.0. The van der Waals surface area contributed by atoms with Gasteiger partial charge in [0.25, 0.3) is 15.9 Å². The highest BCUT2D eigenvalue weighted by Crippen LogP contribution is 2.31. The molecule has 11 heteroatoms. The van der Waals surface area contributed by atoms with Crippen molar-refractivity contribution in [3.05, 3.63) is 59.7 Å². The van der Waals surface area contributed by atoms with Gasteiger partial charge in [-0.1, -0.05) is 25.1 Å². The Morgan fingerprint density at radius 3 is 2.56 bits per heavy atom. The van der Waals surface area contributed by atoms with Crippen LogP contribution < -0.4 is 10.0 Å². The van der Waals surface area contributed by atoms with Crippen molar-refractivity contribution in [3.8, 4) is 0 Å². The van der Waals surface area contributed by atoms with Gasteiger partial charge in [-0.15, -0.1) is 0 Å². The minimum absolute atomic E-state index is 0.0166. The van der Waals surface area contributed by atoms with E-state index in [1.54, 1.807) is 4.90 Å². The summed E-state index contributed by atoms with van der Waals surface area (Å²) in [5, 5.41) is 2.61. The minimum Gasteiger partial charge on any atom is -0.351 e. The van der Waals surface area contributed by atoms with Gasteiger partial charge in [-0.05, 0) is 49.1 Å². The first-order valence-corrected chi connectivity index (χ1v) is 12.3. The monoisotopic (exact) mass is 497 g/mol. The molecule has 1 saturated heterocycles. The van der Waals surface area contributed by atoms with Gasteiger partial charge >= 0.3 is 6.18 Å². The second-order valence-electron chi connectivity index (χ2n) is 8.27. The Bertz CT molecular complexity index is 1150. The molecule has 0 radical (unpaired) electrons. The topological polar surface area (TPSA) is 95.6 Å². The lowest BCUT2D eigenvalue weighted by Crippen LogP contribution is -2.40. The van der Waals surface area contributed by atoms with Crippen molar-refractivity contribution in [1.82, 2.24) is 10.2 Å². The second-order valence-corrected chi connectivity index (χ2v) is 9.95. The summed E-state index contributed by atoms with van der Waals surface area (Å²) in [6.07, 6.45) is -2.57. The summed E-state index contributed by atoms with van der Waals surface area (Å²) in [5.41, 5.74) is -1.21. The molecule has 1 aliphatic rings. The van der Waals surface area contributed by atoms with Gasteiger partial charge in [0.1, 0.15) is 0 Å². The van der Waals surface area contributed by atoms with Crippen molar-refractivity contribution in [2.24, 2.45) is 5.92 Å². The predicted molar refractivity (Wildman–Crippen MR) is 121 cm³/mol. The van der Waals surface area contributed by atoms with Crippen molar-refractivity contribution < 1.29 is 31.2 Å². The maximum absolute atomic E-state index is 13.0. The second kappa shape index (κ2) is 10.5. The number of piperidine rings is 1. The van der Waals surface area contributed by atoms with Crippen LogP contribution in [0, 0.1) is 5.92 Å². The molecule has 1 unspecified atom stereocenters. The van der Waals surface area contributed by atoms with E-state index in [4.69, 9.17) is 0 Å². The number of nitrogens with one attached hydrogen (secondary N) is 2. The van der Waals surface area contributed by atoms with Gasteiger partial charge in [-0.3, -0.25) is 14.3 Å². The molecule has 184 valence electrons. The summed E-state index contributed by atoms with van der Waals surface area (Å²) in [6, 6.07) is 9.06. The molecule has 0 aromatic heterocycles. The third-order valence-corrected chi connectivity index (χ3v) is 6.88. The van der Waals surface area contributed by atoms with Crippen LogP contribution in [0.2, 0.25) is 0 Å². The number of rotatable bonds is 7. The van der Waals surface area contributed by atoms with Crippen molar-refractivity contribution in [3.63, 3.8) is 0 Å². The summed E-state index contributed by atoms with van der Waals surface area (Å²) in [4.78, 5) is 26.2. The van der Waals surface area contributed by atoms with Crippen LogP contribution in [0.5, 0.6) is 0 Å². The van der Waals surface area contributed by atoms with E-state index in [1.165, 1.54) is 24.3 Å². The third kappa shape index (κ3) is 6.49. The molecule has 2 amide bonds. The standard InChI is InChI=1S/C23H26F3N3O4S/c1-16-6-5-13-29(15-16)21(30)11-12-27-22(31)19-9-2-3-10-20(19)28-34(32,33)18-8-4-7-17(14-18)23(24,25)26/h2-4,7-10,14,16,28H,5-6,11-13,15H2,1H3,(H,27,31). The highest BCUT2D eigenvalue weighted by molar-refractivity contribution is 7.92. The molecule has 7 nitrogen and oxygen atoms in total. The zero-order valence-corrected chi connectivity index (χ0v) is 19.4. The van der Waals surface area contributed by atoms with Crippen LogP contribution in [0.1, 0.15) is 42.1 Å². The van der Waals surface area contributed by atoms with Crippen LogP contribution >= 0.6 is 0 Å². The number of alkyl halides is 3. The highest BCUT2D eigenvalue weighted by Gasteiger charge is 2.32. The average molecular weight is 498 g/mol. The number of hydrogen-bond donors (Lipinski definition) is 2. The molecule has 1 heterocycles. The van der Waals surface area contributed by atoms with Crippen LogP contribution in [0.15, 0.2) is 53.4 Å². The highest BCUT2D eigenvalue weighted by atomic mass is 32.2. The SMILES string of the molecule is CC1CCCN(C(=O)CCNC(=O)c2ccccc2NS(=O)(=O)c2cccc(C(F)(F)F)c2)C1. The fraction of sp³-hybridized carbons (Fsp3) is 0.391. The molecule has 1 atom stereocenters. The lowest BCUT2D eigenvalue weighted by molar-refractivity contribution is -0.137. The quantitative estimate of drug-likeness (QED) is 0.607. The number of para-hydroxylation sites is 1. The first-order valence-electron chi connectivity index (χ1n) is 10.8.